The molecule has 2 aromatic rings. The van der Waals surface area contributed by atoms with Crippen molar-refractivity contribution in [1.29, 1.82) is 0 Å². The highest BCUT2D eigenvalue weighted by atomic mass is 32.2. The van der Waals surface area contributed by atoms with Crippen LogP contribution in [0.15, 0.2) is 53.4 Å². The molecule has 0 atom stereocenters. The number of halogens is 1. The number of rotatable bonds is 7. The number of hydrogen-bond donors (Lipinski definition) is 1. The molecule has 9 nitrogen and oxygen atoms in total. The van der Waals surface area contributed by atoms with Gasteiger partial charge in [-0.2, -0.15) is 4.31 Å². The number of nitrogens with one attached hydrogen (secondary N) is 1. The summed E-state index contributed by atoms with van der Waals surface area (Å²) in [6.45, 7) is 0.985. The molecule has 30 heavy (non-hydrogen) atoms. The maximum absolute atomic E-state index is 13.0. The molecule has 1 saturated heterocycles. The number of carbonyl (C=O) groups is 1. The molecule has 0 saturated carbocycles. The highest BCUT2D eigenvalue weighted by Crippen LogP contribution is 2.23. The number of carbonyl (C=O) groups excluding carboxylic acids is 1. The van der Waals surface area contributed by atoms with E-state index in [0.717, 1.165) is 12.1 Å². The van der Waals surface area contributed by atoms with E-state index in [1.54, 1.807) is 23.1 Å². The molecule has 1 aliphatic heterocycles. The molecule has 0 radical (unpaired) electrons. The second kappa shape index (κ2) is 9.18. The number of para-hydroxylation sites is 2. The summed E-state index contributed by atoms with van der Waals surface area (Å²) >= 11 is 0. The van der Waals surface area contributed by atoms with Gasteiger partial charge in [-0.05, 0) is 30.3 Å². The molecule has 0 aromatic heterocycles. The summed E-state index contributed by atoms with van der Waals surface area (Å²) in [5, 5.41) is 13.9. The van der Waals surface area contributed by atoms with Gasteiger partial charge in [-0.25, -0.2) is 12.8 Å². The van der Waals surface area contributed by atoms with Crippen LogP contribution in [0.3, 0.4) is 0 Å². The van der Waals surface area contributed by atoms with Crippen LogP contribution in [-0.4, -0.2) is 61.2 Å². The van der Waals surface area contributed by atoms with E-state index >= 15 is 0 Å². The maximum atomic E-state index is 13.0. The van der Waals surface area contributed by atoms with E-state index in [9.17, 15) is 27.7 Å². The summed E-state index contributed by atoms with van der Waals surface area (Å²) in [4.78, 5) is 24.5. The SMILES string of the molecule is O=C(CCNc1ccccc1[N+](=O)[O-])N1CCN(S(=O)(=O)c2ccc(F)cc2)CC1. The molecule has 0 spiro atoms. The number of nitrogens with zero attached hydrogens (tertiary/aromatic N) is 3. The van der Waals surface area contributed by atoms with Gasteiger partial charge in [-0.3, -0.25) is 14.9 Å². The number of piperazine rings is 1. The average molecular weight is 436 g/mol. The minimum absolute atomic E-state index is 0.0114. The highest BCUT2D eigenvalue weighted by Gasteiger charge is 2.30. The summed E-state index contributed by atoms with van der Waals surface area (Å²) in [5.74, 6) is -0.682. The molecule has 1 aliphatic rings. The van der Waals surface area contributed by atoms with Crippen LogP contribution in [0.5, 0.6) is 0 Å². The number of amides is 1. The Morgan fingerprint density at radius 1 is 1.07 bits per heavy atom. The molecule has 1 fully saturated rings. The van der Waals surface area contributed by atoms with Gasteiger partial charge in [-0.15, -0.1) is 0 Å². The van der Waals surface area contributed by atoms with Crippen molar-refractivity contribution in [3.05, 3.63) is 64.5 Å². The fraction of sp³-hybridized carbons (Fsp3) is 0.316. The Bertz CT molecular complexity index is 1020. The molecular formula is C19H21FN4O5S. The second-order valence-electron chi connectivity index (χ2n) is 6.69. The van der Waals surface area contributed by atoms with Crippen molar-refractivity contribution in [2.75, 3.05) is 38.0 Å². The van der Waals surface area contributed by atoms with Gasteiger partial charge in [0.25, 0.3) is 5.69 Å². The van der Waals surface area contributed by atoms with Crippen LogP contribution >= 0.6 is 0 Å². The van der Waals surface area contributed by atoms with Gasteiger partial charge in [0.2, 0.25) is 15.9 Å². The molecule has 3 rings (SSSR count). The van der Waals surface area contributed by atoms with Crippen molar-refractivity contribution in [3.63, 3.8) is 0 Å². The van der Waals surface area contributed by atoms with E-state index in [1.165, 1.54) is 22.5 Å². The Morgan fingerprint density at radius 2 is 1.70 bits per heavy atom. The molecule has 0 bridgehead atoms. The molecule has 0 unspecified atom stereocenters. The third kappa shape index (κ3) is 4.92. The van der Waals surface area contributed by atoms with Gasteiger partial charge >= 0.3 is 0 Å². The minimum atomic E-state index is -3.74. The van der Waals surface area contributed by atoms with Crippen molar-refractivity contribution in [2.24, 2.45) is 0 Å². The molecule has 1 heterocycles. The molecule has 0 aliphatic carbocycles. The lowest BCUT2D eigenvalue weighted by atomic mass is 10.2. The van der Waals surface area contributed by atoms with Crippen LogP contribution in [-0.2, 0) is 14.8 Å². The van der Waals surface area contributed by atoms with E-state index in [-0.39, 0.29) is 55.6 Å². The third-order valence-electron chi connectivity index (χ3n) is 4.80. The van der Waals surface area contributed by atoms with E-state index in [2.05, 4.69) is 5.32 Å². The number of benzene rings is 2. The Balaban J connectivity index is 1.51. The highest BCUT2D eigenvalue weighted by molar-refractivity contribution is 7.89. The summed E-state index contributed by atoms with van der Waals surface area (Å²) in [5.41, 5.74) is 0.273. The number of anilines is 1. The standard InChI is InChI=1S/C19H21FN4O5S/c20-15-5-7-16(8-6-15)30(28,29)23-13-11-22(12-14-23)19(25)9-10-21-17-3-1-2-4-18(17)24(26)27/h1-8,21H,9-14H2. The van der Waals surface area contributed by atoms with E-state index < -0.39 is 20.8 Å². The number of nitro groups is 1. The minimum Gasteiger partial charge on any atom is -0.379 e. The first-order chi connectivity index (χ1) is 14.3. The second-order valence-corrected chi connectivity index (χ2v) is 8.63. The van der Waals surface area contributed by atoms with Crippen molar-refractivity contribution in [1.82, 2.24) is 9.21 Å². The quantitative estimate of drug-likeness (QED) is 0.525. The first-order valence-electron chi connectivity index (χ1n) is 9.30. The number of hydrogen-bond acceptors (Lipinski definition) is 6. The predicted molar refractivity (Wildman–Crippen MR) is 108 cm³/mol. The van der Waals surface area contributed by atoms with Crippen molar-refractivity contribution < 1.29 is 22.5 Å². The normalized spacial score (nSPS) is 15.0. The molecule has 1 amide bonds. The topological polar surface area (TPSA) is 113 Å². The van der Waals surface area contributed by atoms with Crippen LogP contribution in [0, 0.1) is 15.9 Å². The summed E-state index contributed by atoms with van der Waals surface area (Å²) in [7, 11) is -3.74. The molecular weight excluding hydrogens is 415 g/mol. The number of nitro benzene ring substituents is 1. The summed E-state index contributed by atoms with van der Waals surface area (Å²) in [6, 6.07) is 10.8. The van der Waals surface area contributed by atoms with Gasteiger partial charge in [0, 0.05) is 45.2 Å². The van der Waals surface area contributed by atoms with E-state index in [0.29, 0.717) is 5.69 Å². The van der Waals surface area contributed by atoms with Gasteiger partial charge in [-0.1, -0.05) is 12.1 Å². The first kappa shape index (κ1) is 21.7. The molecule has 160 valence electrons. The van der Waals surface area contributed by atoms with E-state index in [1.807, 2.05) is 0 Å². The summed E-state index contributed by atoms with van der Waals surface area (Å²) < 4.78 is 39.6. The Labute approximate surface area is 173 Å². The van der Waals surface area contributed by atoms with Gasteiger partial charge in [0.15, 0.2) is 0 Å². The van der Waals surface area contributed by atoms with Gasteiger partial charge in [0.1, 0.15) is 11.5 Å². The van der Waals surface area contributed by atoms with Crippen molar-refractivity contribution >= 4 is 27.3 Å². The van der Waals surface area contributed by atoms with E-state index in [4.69, 9.17) is 0 Å². The molecule has 11 heteroatoms. The van der Waals surface area contributed by atoms with Crippen LogP contribution < -0.4 is 5.32 Å². The summed E-state index contributed by atoms with van der Waals surface area (Å²) in [6.07, 6.45) is 0.122. The fourth-order valence-corrected chi connectivity index (χ4v) is 4.60. The monoisotopic (exact) mass is 436 g/mol. The number of sulfonamides is 1. The molecule has 1 N–H and O–H groups in total. The fourth-order valence-electron chi connectivity index (χ4n) is 3.18. The molecule has 2 aromatic carbocycles. The first-order valence-corrected chi connectivity index (χ1v) is 10.7. The zero-order chi connectivity index (χ0) is 21.7. The van der Waals surface area contributed by atoms with Crippen LogP contribution in [0.25, 0.3) is 0 Å². The lowest BCUT2D eigenvalue weighted by Gasteiger charge is -2.34. The van der Waals surface area contributed by atoms with Crippen LogP contribution in [0.1, 0.15) is 6.42 Å². The maximum Gasteiger partial charge on any atom is 0.292 e. The smallest absolute Gasteiger partial charge is 0.292 e. The zero-order valence-corrected chi connectivity index (χ0v) is 16.8. The average Bonchev–Trinajstić information content (AvgIpc) is 2.74. The van der Waals surface area contributed by atoms with Gasteiger partial charge in [0.05, 0.1) is 9.82 Å². The zero-order valence-electron chi connectivity index (χ0n) is 16.0. The predicted octanol–water partition coefficient (Wildman–Crippen LogP) is 2.07. The van der Waals surface area contributed by atoms with Crippen molar-refractivity contribution in [2.45, 2.75) is 11.3 Å². The Kier molecular flexibility index (Phi) is 6.63. The van der Waals surface area contributed by atoms with Crippen molar-refractivity contribution in [3.8, 4) is 0 Å². The van der Waals surface area contributed by atoms with Crippen LogP contribution in [0.4, 0.5) is 15.8 Å². The Hall–Kier alpha value is -3.05. The van der Waals surface area contributed by atoms with Gasteiger partial charge < -0.3 is 10.2 Å². The lowest BCUT2D eigenvalue weighted by Crippen LogP contribution is -2.50. The Morgan fingerprint density at radius 3 is 2.33 bits per heavy atom. The largest absolute Gasteiger partial charge is 0.379 e. The van der Waals surface area contributed by atoms with Crippen LogP contribution in [0.2, 0.25) is 0 Å². The lowest BCUT2D eigenvalue weighted by molar-refractivity contribution is -0.384. The third-order valence-corrected chi connectivity index (χ3v) is 6.71.